The third-order valence-corrected chi connectivity index (χ3v) is 3.95. The first-order valence-corrected chi connectivity index (χ1v) is 7.10. The quantitative estimate of drug-likeness (QED) is 0.766. The van der Waals surface area contributed by atoms with Gasteiger partial charge in [0.1, 0.15) is 5.82 Å². The average Bonchev–Trinajstić information content (AvgIpc) is 3.03. The largest absolute Gasteiger partial charge is 0.372 e. The molecule has 0 amide bonds. The normalized spacial score (nSPS) is 28.8. The zero-order valence-corrected chi connectivity index (χ0v) is 11.4. The van der Waals surface area contributed by atoms with E-state index in [1.165, 1.54) is 25.2 Å². The SMILES string of the molecule is CC(C)c1nccn1[C@H]1CCCN(C[C@@H]2CO2)C1. The van der Waals surface area contributed by atoms with Gasteiger partial charge in [0, 0.05) is 37.4 Å². The molecule has 4 heteroatoms. The Kier molecular flexibility index (Phi) is 3.39. The molecule has 2 saturated heterocycles. The topological polar surface area (TPSA) is 33.6 Å². The van der Waals surface area contributed by atoms with E-state index >= 15 is 0 Å². The van der Waals surface area contributed by atoms with Crippen LogP contribution in [-0.4, -0.2) is 46.8 Å². The number of piperidine rings is 1. The van der Waals surface area contributed by atoms with E-state index in [4.69, 9.17) is 4.74 Å². The minimum Gasteiger partial charge on any atom is -0.372 e. The van der Waals surface area contributed by atoms with Gasteiger partial charge in [0.25, 0.3) is 0 Å². The van der Waals surface area contributed by atoms with Crippen LogP contribution in [0.5, 0.6) is 0 Å². The molecule has 2 atom stereocenters. The van der Waals surface area contributed by atoms with Crippen LogP contribution in [0.1, 0.15) is 44.5 Å². The highest BCUT2D eigenvalue weighted by atomic mass is 16.6. The Labute approximate surface area is 109 Å². The predicted octanol–water partition coefficient (Wildman–Crippen LogP) is 2.04. The Morgan fingerprint density at radius 2 is 2.33 bits per heavy atom. The van der Waals surface area contributed by atoms with E-state index in [0.717, 1.165) is 19.7 Å². The molecule has 0 aliphatic carbocycles. The molecule has 0 aromatic carbocycles. The molecule has 4 nitrogen and oxygen atoms in total. The maximum Gasteiger partial charge on any atom is 0.111 e. The van der Waals surface area contributed by atoms with Crippen LogP contribution in [0.15, 0.2) is 12.4 Å². The Morgan fingerprint density at radius 3 is 3.06 bits per heavy atom. The number of hydrogen-bond donors (Lipinski definition) is 0. The number of hydrogen-bond acceptors (Lipinski definition) is 3. The first-order valence-electron chi connectivity index (χ1n) is 7.10. The van der Waals surface area contributed by atoms with Crippen LogP contribution in [0.3, 0.4) is 0 Å². The molecular weight excluding hydrogens is 226 g/mol. The highest BCUT2D eigenvalue weighted by Crippen LogP contribution is 2.26. The third kappa shape index (κ3) is 2.59. The van der Waals surface area contributed by atoms with E-state index in [-0.39, 0.29) is 0 Å². The van der Waals surface area contributed by atoms with Crippen LogP contribution in [0.2, 0.25) is 0 Å². The summed E-state index contributed by atoms with van der Waals surface area (Å²) >= 11 is 0. The average molecular weight is 249 g/mol. The number of epoxide rings is 1. The van der Waals surface area contributed by atoms with E-state index in [1.54, 1.807) is 0 Å². The number of ether oxygens (including phenoxy) is 1. The molecular formula is C14H23N3O. The van der Waals surface area contributed by atoms with Crippen molar-refractivity contribution in [1.82, 2.24) is 14.5 Å². The van der Waals surface area contributed by atoms with E-state index in [9.17, 15) is 0 Å². The minimum absolute atomic E-state index is 0.502. The summed E-state index contributed by atoms with van der Waals surface area (Å²) in [6.45, 7) is 8.89. The summed E-state index contributed by atoms with van der Waals surface area (Å²) in [5.41, 5.74) is 0. The summed E-state index contributed by atoms with van der Waals surface area (Å²) in [7, 11) is 0. The fourth-order valence-corrected chi connectivity index (χ4v) is 2.97. The van der Waals surface area contributed by atoms with Crippen molar-refractivity contribution < 1.29 is 4.74 Å². The van der Waals surface area contributed by atoms with Gasteiger partial charge in [0.2, 0.25) is 0 Å². The van der Waals surface area contributed by atoms with Crippen molar-refractivity contribution in [1.29, 1.82) is 0 Å². The molecule has 3 rings (SSSR count). The zero-order valence-electron chi connectivity index (χ0n) is 11.4. The Bertz CT molecular complexity index is 397. The Balaban J connectivity index is 1.68. The number of imidazole rings is 1. The van der Waals surface area contributed by atoms with Crippen LogP contribution < -0.4 is 0 Å². The van der Waals surface area contributed by atoms with Crippen LogP contribution in [0.25, 0.3) is 0 Å². The lowest BCUT2D eigenvalue weighted by Crippen LogP contribution is -2.39. The summed E-state index contributed by atoms with van der Waals surface area (Å²) in [6.07, 6.45) is 7.16. The summed E-state index contributed by atoms with van der Waals surface area (Å²) in [4.78, 5) is 7.06. The van der Waals surface area contributed by atoms with Crippen LogP contribution >= 0.6 is 0 Å². The second-order valence-electron chi connectivity index (χ2n) is 5.86. The van der Waals surface area contributed by atoms with Crippen molar-refractivity contribution in [3.05, 3.63) is 18.2 Å². The lowest BCUT2D eigenvalue weighted by atomic mass is 10.0. The summed E-state index contributed by atoms with van der Waals surface area (Å²) in [5.74, 6) is 1.73. The summed E-state index contributed by atoms with van der Waals surface area (Å²) in [6, 6.07) is 0.595. The fraction of sp³-hybridized carbons (Fsp3) is 0.786. The van der Waals surface area contributed by atoms with Crippen LogP contribution in [0, 0.1) is 0 Å². The molecule has 0 unspecified atom stereocenters. The molecule has 2 aliphatic rings. The van der Waals surface area contributed by atoms with Gasteiger partial charge in [-0.15, -0.1) is 0 Å². The summed E-state index contributed by atoms with van der Waals surface area (Å²) in [5, 5.41) is 0. The van der Waals surface area contributed by atoms with Gasteiger partial charge in [-0.1, -0.05) is 13.8 Å². The molecule has 1 aromatic rings. The first-order chi connectivity index (χ1) is 8.74. The zero-order chi connectivity index (χ0) is 12.5. The van der Waals surface area contributed by atoms with Crippen molar-refractivity contribution in [2.75, 3.05) is 26.2 Å². The molecule has 0 radical (unpaired) electrons. The molecule has 2 aliphatic heterocycles. The number of likely N-dealkylation sites (tertiary alicyclic amines) is 1. The van der Waals surface area contributed by atoms with Crippen LogP contribution in [-0.2, 0) is 4.74 Å². The molecule has 100 valence electrons. The second kappa shape index (κ2) is 5.02. The van der Waals surface area contributed by atoms with Crippen molar-refractivity contribution in [2.24, 2.45) is 0 Å². The van der Waals surface area contributed by atoms with E-state index < -0.39 is 0 Å². The molecule has 0 spiro atoms. The van der Waals surface area contributed by atoms with E-state index in [2.05, 4.69) is 34.5 Å². The van der Waals surface area contributed by atoms with Crippen molar-refractivity contribution >= 4 is 0 Å². The molecule has 18 heavy (non-hydrogen) atoms. The van der Waals surface area contributed by atoms with Gasteiger partial charge in [0.05, 0.1) is 12.7 Å². The number of nitrogens with zero attached hydrogens (tertiary/aromatic N) is 3. The van der Waals surface area contributed by atoms with E-state index in [0.29, 0.717) is 18.1 Å². The molecule has 0 bridgehead atoms. The van der Waals surface area contributed by atoms with Gasteiger partial charge in [-0.25, -0.2) is 4.98 Å². The molecule has 1 aromatic heterocycles. The lowest BCUT2D eigenvalue weighted by Gasteiger charge is -2.34. The summed E-state index contributed by atoms with van der Waals surface area (Å²) < 4.78 is 7.73. The van der Waals surface area contributed by atoms with Gasteiger partial charge in [-0.05, 0) is 19.4 Å². The first kappa shape index (κ1) is 12.2. The third-order valence-electron chi connectivity index (χ3n) is 3.95. The highest BCUT2D eigenvalue weighted by molar-refractivity contribution is 5.01. The van der Waals surface area contributed by atoms with Gasteiger partial charge >= 0.3 is 0 Å². The molecule has 3 heterocycles. The van der Waals surface area contributed by atoms with Gasteiger partial charge in [-0.2, -0.15) is 0 Å². The van der Waals surface area contributed by atoms with E-state index in [1.807, 2.05) is 6.20 Å². The minimum atomic E-state index is 0.502. The standard InChI is InChI=1S/C14H23N3O/c1-11(2)14-15-5-7-17(14)12-4-3-6-16(8-12)9-13-10-18-13/h5,7,11-13H,3-4,6,8-10H2,1-2H3/t12-,13+/m0/s1. The molecule has 0 saturated carbocycles. The van der Waals surface area contributed by atoms with Crippen LogP contribution in [0.4, 0.5) is 0 Å². The Hall–Kier alpha value is -0.870. The smallest absolute Gasteiger partial charge is 0.111 e. The number of rotatable bonds is 4. The van der Waals surface area contributed by atoms with Crippen molar-refractivity contribution in [3.8, 4) is 0 Å². The Morgan fingerprint density at radius 1 is 1.50 bits per heavy atom. The van der Waals surface area contributed by atoms with Gasteiger partial charge in [-0.3, -0.25) is 4.90 Å². The van der Waals surface area contributed by atoms with Crippen molar-refractivity contribution in [2.45, 2.75) is 44.8 Å². The van der Waals surface area contributed by atoms with Gasteiger partial charge in [0.15, 0.2) is 0 Å². The monoisotopic (exact) mass is 249 g/mol. The second-order valence-corrected chi connectivity index (χ2v) is 5.86. The highest BCUT2D eigenvalue weighted by Gasteiger charge is 2.29. The lowest BCUT2D eigenvalue weighted by molar-refractivity contribution is 0.162. The van der Waals surface area contributed by atoms with Crippen molar-refractivity contribution in [3.63, 3.8) is 0 Å². The molecule has 2 fully saturated rings. The number of aromatic nitrogens is 2. The maximum absolute atomic E-state index is 5.34. The molecule has 0 N–H and O–H groups in total. The van der Waals surface area contributed by atoms with Gasteiger partial charge < -0.3 is 9.30 Å². The fourth-order valence-electron chi connectivity index (χ4n) is 2.97. The predicted molar refractivity (Wildman–Crippen MR) is 70.8 cm³/mol. The maximum atomic E-state index is 5.34.